The van der Waals surface area contributed by atoms with Crippen LogP contribution in [0.1, 0.15) is 0 Å². The third-order valence-corrected chi connectivity index (χ3v) is 1.02. The molecule has 1 rings (SSSR count). The van der Waals surface area contributed by atoms with Crippen LogP contribution in [0.5, 0.6) is 0 Å². The number of hydrogen-bond donors (Lipinski definition) is 1. The lowest BCUT2D eigenvalue weighted by Gasteiger charge is -2.01. The van der Waals surface area contributed by atoms with Gasteiger partial charge < -0.3 is 5.43 Å². The highest BCUT2D eigenvalue weighted by Crippen LogP contribution is 1.83. The van der Waals surface area contributed by atoms with Crippen molar-refractivity contribution in [2.24, 2.45) is 0 Å². The van der Waals surface area contributed by atoms with E-state index in [2.05, 4.69) is 12.0 Å². The van der Waals surface area contributed by atoms with Crippen LogP contribution in [0.15, 0.2) is 37.2 Å². The molecule has 1 heterocycles. The van der Waals surface area contributed by atoms with Gasteiger partial charge in [0.25, 0.3) is 0 Å². The molecule has 9 heavy (non-hydrogen) atoms. The van der Waals surface area contributed by atoms with E-state index in [-0.39, 0.29) is 0 Å². The van der Waals surface area contributed by atoms with Crippen molar-refractivity contribution in [1.29, 1.82) is 0 Å². The van der Waals surface area contributed by atoms with E-state index in [4.69, 9.17) is 0 Å². The maximum Gasteiger partial charge on any atom is 0.0492 e. The van der Waals surface area contributed by atoms with Crippen LogP contribution in [-0.4, -0.2) is 11.2 Å². The summed E-state index contributed by atoms with van der Waals surface area (Å²) in [6.07, 6.45) is 5.72. The third-order valence-electron chi connectivity index (χ3n) is 1.02. The van der Waals surface area contributed by atoms with Crippen molar-refractivity contribution < 1.29 is 0 Å². The number of rotatable bonds is 3. The molecule has 0 unspecified atom stereocenters. The van der Waals surface area contributed by atoms with Crippen molar-refractivity contribution in [3.63, 3.8) is 0 Å². The van der Waals surface area contributed by atoms with Gasteiger partial charge in [-0.05, 0) is 12.1 Å². The van der Waals surface area contributed by atoms with E-state index in [0.717, 1.165) is 6.54 Å². The zero-order valence-corrected chi connectivity index (χ0v) is 5.25. The van der Waals surface area contributed by atoms with Crippen LogP contribution in [0.25, 0.3) is 0 Å². The molecule has 0 amide bonds. The largest absolute Gasteiger partial charge is 0.323 e. The summed E-state index contributed by atoms with van der Waals surface area (Å²) in [7, 11) is 0. The Kier molecular flexibility index (Phi) is 1.96. The fourth-order valence-corrected chi connectivity index (χ4v) is 0.610. The van der Waals surface area contributed by atoms with Crippen LogP contribution in [0.4, 0.5) is 0 Å². The van der Waals surface area contributed by atoms with E-state index in [0.29, 0.717) is 0 Å². The van der Waals surface area contributed by atoms with E-state index in [1.54, 1.807) is 0 Å². The molecule has 48 valence electrons. The molecule has 0 aromatic carbocycles. The highest BCUT2D eigenvalue weighted by molar-refractivity contribution is 4.94. The monoisotopic (exact) mass is 122 g/mol. The summed E-state index contributed by atoms with van der Waals surface area (Å²) >= 11 is 0. The Morgan fingerprint density at radius 3 is 2.67 bits per heavy atom. The molecule has 0 saturated carbocycles. The lowest BCUT2D eigenvalue weighted by atomic mass is 10.7. The van der Waals surface area contributed by atoms with Crippen LogP contribution < -0.4 is 5.43 Å². The maximum atomic E-state index is 3.58. The first-order chi connectivity index (χ1) is 4.43. The molecule has 0 radical (unpaired) electrons. The van der Waals surface area contributed by atoms with Crippen molar-refractivity contribution in [3.8, 4) is 0 Å². The van der Waals surface area contributed by atoms with Crippen LogP contribution in [0.2, 0.25) is 0 Å². The lowest BCUT2D eigenvalue weighted by Crippen LogP contribution is -2.11. The smallest absolute Gasteiger partial charge is 0.0492 e. The minimum absolute atomic E-state index is 0.800. The molecule has 0 aliphatic carbocycles. The molecule has 0 aliphatic rings. The van der Waals surface area contributed by atoms with Crippen molar-refractivity contribution in [2.75, 3.05) is 12.0 Å². The number of aromatic nitrogens is 1. The van der Waals surface area contributed by atoms with Gasteiger partial charge in [-0.15, -0.1) is 6.58 Å². The zero-order valence-electron chi connectivity index (χ0n) is 5.25. The Morgan fingerprint density at radius 2 is 2.11 bits per heavy atom. The van der Waals surface area contributed by atoms with Gasteiger partial charge in [0, 0.05) is 18.9 Å². The number of nitrogens with zero attached hydrogens (tertiary/aromatic N) is 1. The first-order valence-corrected chi connectivity index (χ1v) is 2.91. The molecule has 1 aromatic rings. The SMILES string of the molecule is C=CCNn1cccc1. The Labute approximate surface area is 54.8 Å². The summed E-state index contributed by atoms with van der Waals surface area (Å²) in [5, 5.41) is 0. The van der Waals surface area contributed by atoms with E-state index in [9.17, 15) is 0 Å². The maximum absolute atomic E-state index is 3.58. The summed E-state index contributed by atoms with van der Waals surface area (Å²) < 4.78 is 1.89. The topological polar surface area (TPSA) is 17.0 Å². The van der Waals surface area contributed by atoms with Gasteiger partial charge in [-0.2, -0.15) is 0 Å². The van der Waals surface area contributed by atoms with Crippen LogP contribution in [0, 0.1) is 0 Å². The molecule has 1 aromatic heterocycles. The molecule has 1 N–H and O–H groups in total. The Hall–Kier alpha value is -1.18. The van der Waals surface area contributed by atoms with Gasteiger partial charge in [0.15, 0.2) is 0 Å². The van der Waals surface area contributed by atoms with Crippen molar-refractivity contribution in [1.82, 2.24) is 4.68 Å². The fraction of sp³-hybridized carbons (Fsp3) is 0.143. The van der Waals surface area contributed by atoms with E-state index in [1.165, 1.54) is 0 Å². The average Bonchev–Trinajstić information content (AvgIpc) is 2.34. The van der Waals surface area contributed by atoms with E-state index >= 15 is 0 Å². The quantitative estimate of drug-likeness (QED) is 0.596. The van der Waals surface area contributed by atoms with Gasteiger partial charge in [-0.25, -0.2) is 0 Å². The summed E-state index contributed by atoms with van der Waals surface area (Å²) in [6, 6.07) is 3.94. The Balaban J connectivity index is 2.38. The molecule has 0 spiro atoms. The summed E-state index contributed by atoms with van der Waals surface area (Å²) in [5.74, 6) is 0. The fourth-order valence-electron chi connectivity index (χ4n) is 0.610. The highest BCUT2D eigenvalue weighted by atomic mass is 15.4. The third kappa shape index (κ3) is 1.64. The summed E-state index contributed by atoms with van der Waals surface area (Å²) in [6.45, 7) is 4.38. The Bertz CT molecular complexity index is 165. The van der Waals surface area contributed by atoms with E-state index in [1.807, 2.05) is 35.3 Å². The van der Waals surface area contributed by atoms with Crippen molar-refractivity contribution >= 4 is 0 Å². The van der Waals surface area contributed by atoms with E-state index < -0.39 is 0 Å². The summed E-state index contributed by atoms with van der Waals surface area (Å²) in [5.41, 5.74) is 3.07. The Morgan fingerprint density at radius 1 is 1.44 bits per heavy atom. The zero-order chi connectivity index (χ0) is 6.53. The molecular weight excluding hydrogens is 112 g/mol. The number of hydrogen-bond acceptors (Lipinski definition) is 1. The highest BCUT2D eigenvalue weighted by Gasteiger charge is 1.79. The second kappa shape index (κ2) is 2.97. The predicted molar refractivity (Wildman–Crippen MR) is 38.9 cm³/mol. The first-order valence-electron chi connectivity index (χ1n) is 2.91. The van der Waals surface area contributed by atoms with Crippen molar-refractivity contribution in [3.05, 3.63) is 37.2 Å². The van der Waals surface area contributed by atoms with Gasteiger partial charge in [-0.1, -0.05) is 6.08 Å². The summed E-state index contributed by atoms with van der Waals surface area (Å²) in [4.78, 5) is 0. The molecule has 0 saturated heterocycles. The standard InChI is InChI=1S/C7H10N2/c1-2-5-8-9-6-3-4-7-9/h2-4,6-8H,1,5H2. The molecule has 0 aliphatic heterocycles. The van der Waals surface area contributed by atoms with Gasteiger partial charge in [0.2, 0.25) is 0 Å². The van der Waals surface area contributed by atoms with Crippen LogP contribution in [0.3, 0.4) is 0 Å². The molecule has 2 heteroatoms. The molecule has 2 nitrogen and oxygen atoms in total. The molecule has 0 bridgehead atoms. The molecular formula is C7H10N2. The minimum atomic E-state index is 0.800. The second-order valence-corrected chi connectivity index (χ2v) is 1.74. The minimum Gasteiger partial charge on any atom is -0.323 e. The predicted octanol–water partition coefficient (Wildman–Crippen LogP) is 1.22. The van der Waals surface area contributed by atoms with Crippen LogP contribution >= 0.6 is 0 Å². The van der Waals surface area contributed by atoms with Crippen molar-refractivity contribution in [2.45, 2.75) is 0 Å². The molecule has 0 fully saturated rings. The second-order valence-electron chi connectivity index (χ2n) is 1.74. The molecule has 0 atom stereocenters. The average molecular weight is 122 g/mol. The normalized spacial score (nSPS) is 8.89. The van der Waals surface area contributed by atoms with Gasteiger partial charge in [0.05, 0.1) is 0 Å². The van der Waals surface area contributed by atoms with Gasteiger partial charge in [0.1, 0.15) is 0 Å². The number of nitrogens with one attached hydrogen (secondary N) is 1. The lowest BCUT2D eigenvalue weighted by molar-refractivity contribution is 0.899. The van der Waals surface area contributed by atoms with Crippen LogP contribution in [-0.2, 0) is 0 Å². The van der Waals surface area contributed by atoms with Gasteiger partial charge >= 0.3 is 0 Å². The first kappa shape index (κ1) is 5.95. The van der Waals surface area contributed by atoms with Gasteiger partial charge in [-0.3, -0.25) is 4.68 Å².